The Balaban J connectivity index is 1.15. The number of aliphatic hydroxyl groups excluding tert-OH is 1. The second kappa shape index (κ2) is 85.1. The first-order valence-electron chi connectivity index (χ1n) is 65.3. The number of hydrogen-bond acceptors (Lipinski definition) is 11. The number of aliphatic hydroxyl groups is 1. The van der Waals surface area contributed by atoms with Gasteiger partial charge in [-0.15, -0.1) is 0 Å². The van der Waals surface area contributed by atoms with E-state index in [-0.39, 0.29) is 6.61 Å². The van der Waals surface area contributed by atoms with Gasteiger partial charge in [-0.3, -0.25) is 0 Å². The number of nitrogens with zero attached hydrogens (tertiary/aromatic N) is 6. The van der Waals surface area contributed by atoms with Gasteiger partial charge in [0.05, 0.1) is 46.2 Å². The molecule has 2 aliphatic heterocycles. The Hall–Kier alpha value is -6.12. The van der Waals surface area contributed by atoms with Gasteiger partial charge in [-0.2, -0.15) is 0 Å². The highest BCUT2D eigenvalue weighted by Gasteiger charge is 2.27. The first-order chi connectivity index (χ1) is 73.9. The van der Waals surface area contributed by atoms with Crippen molar-refractivity contribution in [3.63, 3.8) is 0 Å². The third-order valence-electron chi connectivity index (χ3n) is 33.0. The van der Waals surface area contributed by atoms with Crippen molar-refractivity contribution < 1.29 is 24.1 Å². The molecule has 0 spiro atoms. The second-order valence-corrected chi connectivity index (χ2v) is 46.3. The van der Waals surface area contributed by atoms with Crippen LogP contribution in [-0.2, 0) is 52.7 Å². The van der Waals surface area contributed by atoms with E-state index in [1.165, 1.54) is 573 Å². The fraction of sp³-hybridized carbons (Fsp3) is 0.765. The molecule has 7 aromatic rings. The first-order valence-corrected chi connectivity index (χ1v) is 65.3. The molecule has 0 atom stereocenters. The van der Waals surface area contributed by atoms with E-state index in [0.717, 1.165) is 122 Å². The topological polar surface area (TPSA) is 166 Å². The molecule has 0 radical (unpaired) electrons. The molecule has 8 bridgehead atoms. The minimum absolute atomic E-state index is 0.00331. The molecule has 3 aromatic heterocycles. The van der Waals surface area contributed by atoms with Crippen molar-refractivity contribution >= 4 is 44.1 Å². The summed E-state index contributed by atoms with van der Waals surface area (Å²) >= 11 is 0. The average Bonchev–Trinajstić information content (AvgIpc) is 1.59. The molecule has 840 valence electrons. The van der Waals surface area contributed by atoms with E-state index in [9.17, 15) is 5.11 Å². The summed E-state index contributed by atoms with van der Waals surface area (Å²) in [4.78, 5) is 43.4. The lowest BCUT2D eigenvalue weighted by molar-refractivity contribution is 0.00361. The fourth-order valence-electron chi connectivity index (χ4n) is 23.5. The minimum Gasteiger partial charge on any atom is -0.491 e. The zero-order valence-corrected chi connectivity index (χ0v) is 97.8. The molecule has 4 aromatic carbocycles. The number of rotatable bonds is 102. The van der Waals surface area contributed by atoms with Gasteiger partial charge in [0.2, 0.25) is 0 Å². The summed E-state index contributed by atoms with van der Waals surface area (Å²) in [5, 5.41) is 13.5. The molecule has 3 N–H and O–H groups in total. The number of aryl methyl sites for hydroxylation is 6. The summed E-state index contributed by atoms with van der Waals surface area (Å²) in [6.45, 7) is 16.8. The Morgan fingerprint density at radius 2 is 0.356 bits per heavy atom. The first kappa shape index (κ1) is 126. The molecular formula is C136H226N8O5. The van der Waals surface area contributed by atoms with Crippen LogP contribution in [-0.4, -0.2) is 97.8 Å². The van der Waals surface area contributed by atoms with E-state index in [1.54, 1.807) is 0 Å². The summed E-state index contributed by atoms with van der Waals surface area (Å²) in [5.41, 5.74) is 15.8. The van der Waals surface area contributed by atoms with E-state index >= 15 is 0 Å². The second-order valence-electron chi connectivity index (χ2n) is 46.3. The lowest BCUT2D eigenvalue weighted by Crippen LogP contribution is -2.13. The van der Waals surface area contributed by atoms with Crippen LogP contribution in [0.4, 0.5) is 0 Å². The van der Waals surface area contributed by atoms with Gasteiger partial charge in [-0.25, -0.2) is 29.9 Å². The fourth-order valence-corrected chi connectivity index (χ4v) is 23.5. The van der Waals surface area contributed by atoms with Gasteiger partial charge in [-0.1, -0.05) is 542 Å². The monoisotopic (exact) mass is 2050 g/mol. The highest BCUT2D eigenvalue weighted by molar-refractivity contribution is 6.07. The van der Waals surface area contributed by atoms with Crippen LogP contribution in [0.3, 0.4) is 0 Å². The molecule has 13 nitrogen and oxygen atoms in total. The molecule has 149 heavy (non-hydrogen) atoms. The van der Waals surface area contributed by atoms with Gasteiger partial charge in [0.15, 0.2) is 23.3 Å². The summed E-state index contributed by atoms with van der Waals surface area (Å²) < 4.78 is 24.0. The number of H-pyrrole nitrogens is 2. The number of ether oxygens (including phenoxy) is 4. The standard InChI is InChI=1S/C136H226N8O5/c1-7-13-19-25-31-37-43-49-55-61-67-73-79-85-91-114-107-122-123(108-115(114)92-86-80-74-68-62-56-50-44-38-32-26-20-14-8-2)131-139-130(122)137-129-121-98-97-120(149-106-105-148-104-103-147-102-101-146-100-99-145)113-128(121)136(138-129)144-135-127-112-119(96-90-84-78-72-66-60-54-48-42-36-30-24-18-12-6)118(95-89-83-77-71-65-59-53-47-41-35-29-23-17-11-5)111-126(127)134(143-135)142-133-125-110-117(94-88-82-76-70-64-58-52-46-40-34-28-22-16-10-4)116(109-124(125)132(140-131)141-133)93-87-81-75-69-63-57-51-45-39-33-27-21-15-9-3/h97-98,107-113,145H,7-96,99-106H2,1-6H3,(H2,137,138,139,140,141,142,143,144). The van der Waals surface area contributed by atoms with Gasteiger partial charge in [-0.05, 0) is 165 Å². The Morgan fingerprint density at radius 3 is 0.564 bits per heavy atom. The molecule has 2 aliphatic rings. The van der Waals surface area contributed by atoms with Crippen molar-refractivity contribution in [1.29, 1.82) is 0 Å². The quantitative estimate of drug-likeness (QED) is 0.0311. The number of benzene rings is 4. The van der Waals surface area contributed by atoms with Crippen molar-refractivity contribution in [1.82, 2.24) is 39.9 Å². The van der Waals surface area contributed by atoms with E-state index < -0.39 is 0 Å². The molecule has 0 fully saturated rings. The van der Waals surface area contributed by atoms with E-state index in [0.29, 0.717) is 57.9 Å². The Morgan fingerprint density at radius 1 is 0.181 bits per heavy atom. The van der Waals surface area contributed by atoms with Gasteiger partial charge >= 0.3 is 0 Å². The maximum atomic E-state index is 9.20. The molecule has 0 amide bonds. The van der Waals surface area contributed by atoms with Crippen LogP contribution in [0.15, 0.2) is 54.6 Å². The third kappa shape index (κ3) is 53.5. The number of nitrogens with one attached hydrogen (secondary N) is 2. The predicted molar refractivity (Wildman–Crippen MR) is 645 cm³/mol. The van der Waals surface area contributed by atoms with Gasteiger partial charge in [0.1, 0.15) is 34.9 Å². The molecule has 9 rings (SSSR count). The van der Waals surface area contributed by atoms with Gasteiger partial charge in [0.25, 0.3) is 0 Å². The van der Waals surface area contributed by atoms with E-state index in [2.05, 4.69) is 106 Å². The van der Waals surface area contributed by atoms with E-state index in [1.807, 2.05) is 0 Å². The largest absolute Gasteiger partial charge is 0.491 e. The summed E-state index contributed by atoms with van der Waals surface area (Å²) in [6, 6.07) is 21.7. The molecule has 13 heteroatoms. The number of fused-ring (bicyclic) bond motifs is 20. The van der Waals surface area contributed by atoms with Crippen LogP contribution in [0.1, 0.15) is 614 Å². The minimum atomic E-state index is 0.00331. The number of aromatic amines is 2. The van der Waals surface area contributed by atoms with Gasteiger partial charge < -0.3 is 34.0 Å². The molecule has 0 saturated heterocycles. The number of hydrogen-bond donors (Lipinski definition) is 3. The highest BCUT2D eigenvalue weighted by atomic mass is 16.6. The molecule has 0 aliphatic carbocycles. The lowest BCUT2D eigenvalue weighted by Gasteiger charge is -2.13. The van der Waals surface area contributed by atoms with Crippen LogP contribution in [0.5, 0.6) is 5.75 Å². The normalized spacial score (nSPS) is 12.0. The Bertz CT molecular complexity index is 4620. The number of aromatic nitrogens is 8. The van der Waals surface area contributed by atoms with E-state index in [4.69, 9.17) is 48.9 Å². The smallest absolute Gasteiger partial charge is 0.164 e. The maximum absolute atomic E-state index is 9.20. The average molecular weight is 2050 g/mol. The van der Waals surface area contributed by atoms with Crippen LogP contribution in [0.25, 0.3) is 89.7 Å². The Kier molecular flexibility index (Phi) is 72.2. The SMILES string of the molecule is CCCCCCCCCCCCCCCCc1cc2c(cc1CCCCCCCCCCCCCCCC)-c1nc-2nc2[nH]c(nc3nc(nc4[nH]c(n1)c1cc(CCCCCCCCCCCCCCCC)c(CCCCCCCCCCCCCCCC)cc41)-c1cc(OCCOCCOCCOCCO)ccc1-3)c1cc(CCCCCCCCCCCCCCCC)c(CCCCCCCCCCCCCCCC)cc21. The number of unbranched alkanes of at least 4 members (excludes halogenated alkanes) is 78. The van der Waals surface area contributed by atoms with Crippen molar-refractivity contribution in [2.75, 3.05) is 52.9 Å². The van der Waals surface area contributed by atoms with Crippen molar-refractivity contribution in [2.45, 2.75) is 619 Å². The molecule has 0 saturated carbocycles. The van der Waals surface area contributed by atoms with Crippen LogP contribution >= 0.6 is 0 Å². The maximum Gasteiger partial charge on any atom is 0.164 e. The van der Waals surface area contributed by atoms with Crippen LogP contribution in [0, 0.1) is 0 Å². The van der Waals surface area contributed by atoms with Gasteiger partial charge in [0, 0.05) is 43.8 Å². The lowest BCUT2D eigenvalue weighted by atomic mass is 9.91. The predicted octanol–water partition coefficient (Wildman–Crippen LogP) is 42.4. The molecular weight excluding hydrogens is 1830 g/mol. The summed E-state index contributed by atoms with van der Waals surface area (Å²) in [6.07, 6.45) is 120. The zero-order valence-electron chi connectivity index (χ0n) is 97.8. The van der Waals surface area contributed by atoms with Crippen molar-refractivity contribution in [2.24, 2.45) is 0 Å². The van der Waals surface area contributed by atoms with Crippen molar-refractivity contribution in [3.05, 3.63) is 88.0 Å². The molecule has 0 unspecified atom stereocenters. The third-order valence-corrected chi connectivity index (χ3v) is 33.0. The van der Waals surface area contributed by atoms with Crippen LogP contribution in [0.2, 0.25) is 0 Å². The Labute approximate surface area is 913 Å². The van der Waals surface area contributed by atoms with Crippen molar-refractivity contribution in [3.8, 4) is 51.3 Å². The van der Waals surface area contributed by atoms with Crippen LogP contribution < -0.4 is 4.74 Å². The highest BCUT2D eigenvalue weighted by Crippen LogP contribution is 2.43. The zero-order chi connectivity index (χ0) is 104. The summed E-state index contributed by atoms with van der Waals surface area (Å²) in [7, 11) is 0. The molecule has 5 heterocycles. The summed E-state index contributed by atoms with van der Waals surface area (Å²) in [5.74, 6) is 3.38.